The largest absolute Gasteiger partial charge is 0.480 e. The third-order valence-corrected chi connectivity index (χ3v) is 6.27. The Kier molecular flexibility index (Phi) is 10.4. The number of nitrogens with zero attached hydrogens (tertiary/aromatic N) is 1. The Hall–Kier alpha value is -4.25. The summed E-state index contributed by atoms with van der Waals surface area (Å²) in [4.78, 5) is 64.1. The molecule has 1 fully saturated rings. The van der Waals surface area contributed by atoms with Gasteiger partial charge in [0.15, 0.2) is 0 Å². The lowest BCUT2D eigenvalue weighted by molar-refractivity contribution is -0.143. The number of likely N-dealkylation sites (tertiary alicyclic amines) is 1. The zero-order valence-corrected chi connectivity index (χ0v) is 21.0. The van der Waals surface area contributed by atoms with Crippen molar-refractivity contribution in [1.82, 2.24) is 20.9 Å². The molecule has 2 aromatic carbocycles. The van der Waals surface area contributed by atoms with Crippen molar-refractivity contribution < 1.29 is 29.1 Å². The average molecular weight is 524 g/mol. The summed E-state index contributed by atoms with van der Waals surface area (Å²) in [7, 11) is 0. The summed E-state index contributed by atoms with van der Waals surface area (Å²) in [6.07, 6.45) is 1.29. The molecule has 1 aliphatic rings. The van der Waals surface area contributed by atoms with Crippen molar-refractivity contribution in [3.8, 4) is 0 Å². The Bertz CT molecular complexity index is 1130. The minimum atomic E-state index is -1.19. The zero-order valence-electron chi connectivity index (χ0n) is 21.0. The number of carboxylic acid groups (broad SMARTS) is 1. The molecule has 0 bridgehead atoms. The Morgan fingerprint density at radius 1 is 0.895 bits per heavy atom. The summed E-state index contributed by atoms with van der Waals surface area (Å²) in [6, 6.07) is 15.4. The number of aliphatic carboxylic acids is 1. The molecule has 202 valence electrons. The van der Waals surface area contributed by atoms with E-state index in [1.807, 2.05) is 60.7 Å². The highest BCUT2D eigenvalue weighted by Crippen LogP contribution is 2.20. The maximum Gasteiger partial charge on any atom is 0.322 e. The molecule has 0 aromatic heterocycles. The van der Waals surface area contributed by atoms with Crippen molar-refractivity contribution in [2.75, 3.05) is 19.6 Å². The molecule has 11 heteroatoms. The number of benzene rings is 2. The van der Waals surface area contributed by atoms with Crippen LogP contribution in [0.15, 0.2) is 60.7 Å². The second-order valence-corrected chi connectivity index (χ2v) is 9.07. The monoisotopic (exact) mass is 523 g/mol. The molecule has 1 aliphatic heterocycles. The van der Waals surface area contributed by atoms with Crippen molar-refractivity contribution in [2.45, 2.75) is 43.8 Å². The summed E-state index contributed by atoms with van der Waals surface area (Å²) in [6.45, 7) is -0.558. The van der Waals surface area contributed by atoms with Gasteiger partial charge in [-0.15, -0.1) is 0 Å². The van der Waals surface area contributed by atoms with E-state index in [1.165, 1.54) is 4.90 Å². The lowest BCUT2D eigenvalue weighted by Crippen LogP contribution is -2.58. The smallest absolute Gasteiger partial charge is 0.322 e. The van der Waals surface area contributed by atoms with E-state index in [1.54, 1.807) is 0 Å². The van der Waals surface area contributed by atoms with Crippen LogP contribution in [0.2, 0.25) is 0 Å². The van der Waals surface area contributed by atoms with E-state index < -0.39 is 54.3 Å². The normalized spacial score (nSPS) is 16.2. The van der Waals surface area contributed by atoms with Crippen LogP contribution in [0.3, 0.4) is 0 Å². The van der Waals surface area contributed by atoms with Gasteiger partial charge in [-0.1, -0.05) is 60.7 Å². The van der Waals surface area contributed by atoms with Gasteiger partial charge >= 0.3 is 5.97 Å². The number of nitrogens with two attached hydrogens (primary N) is 1. The second-order valence-electron chi connectivity index (χ2n) is 9.07. The molecular weight excluding hydrogens is 490 g/mol. The fraction of sp³-hybridized carbons (Fsp3) is 0.370. The lowest BCUT2D eigenvalue weighted by Gasteiger charge is -2.30. The van der Waals surface area contributed by atoms with Crippen LogP contribution in [0, 0.1) is 0 Å². The predicted molar refractivity (Wildman–Crippen MR) is 139 cm³/mol. The molecule has 6 N–H and O–H groups in total. The molecule has 0 unspecified atom stereocenters. The average Bonchev–Trinajstić information content (AvgIpc) is 3.41. The van der Waals surface area contributed by atoms with Gasteiger partial charge in [0.25, 0.3) is 0 Å². The molecule has 1 saturated heterocycles. The van der Waals surface area contributed by atoms with Crippen LogP contribution in [-0.4, -0.2) is 77.4 Å². The number of amides is 4. The van der Waals surface area contributed by atoms with Crippen LogP contribution in [-0.2, 0) is 36.8 Å². The highest BCUT2D eigenvalue weighted by Gasteiger charge is 2.38. The summed E-state index contributed by atoms with van der Waals surface area (Å²) in [5.74, 6) is -3.27. The van der Waals surface area contributed by atoms with E-state index in [-0.39, 0.29) is 19.4 Å². The molecule has 2 aromatic rings. The summed E-state index contributed by atoms with van der Waals surface area (Å²) < 4.78 is 0. The van der Waals surface area contributed by atoms with Gasteiger partial charge in [-0.25, -0.2) is 0 Å². The fourth-order valence-corrected chi connectivity index (χ4v) is 4.42. The van der Waals surface area contributed by atoms with E-state index >= 15 is 0 Å². The van der Waals surface area contributed by atoms with Gasteiger partial charge in [0, 0.05) is 19.4 Å². The Labute approximate surface area is 220 Å². The predicted octanol–water partition coefficient (Wildman–Crippen LogP) is -0.408. The quantitative estimate of drug-likeness (QED) is 0.252. The molecule has 0 spiro atoms. The Morgan fingerprint density at radius 2 is 1.47 bits per heavy atom. The third-order valence-electron chi connectivity index (χ3n) is 6.27. The van der Waals surface area contributed by atoms with Crippen LogP contribution < -0.4 is 21.7 Å². The van der Waals surface area contributed by atoms with Crippen LogP contribution in [0.5, 0.6) is 0 Å². The van der Waals surface area contributed by atoms with E-state index in [2.05, 4.69) is 16.0 Å². The molecule has 3 atom stereocenters. The van der Waals surface area contributed by atoms with Gasteiger partial charge in [-0.2, -0.15) is 0 Å². The van der Waals surface area contributed by atoms with E-state index in [0.717, 1.165) is 11.1 Å². The van der Waals surface area contributed by atoms with Crippen molar-refractivity contribution in [2.24, 2.45) is 5.73 Å². The van der Waals surface area contributed by atoms with Crippen molar-refractivity contribution >= 4 is 29.6 Å². The highest BCUT2D eigenvalue weighted by atomic mass is 16.4. The zero-order chi connectivity index (χ0) is 27.5. The molecule has 4 amide bonds. The molecule has 38 heavy (non-hydrogen) atoms. The fourth-order valence-electron chi connectivity index (χ4n) is 4.42. The minimum Gasteiger partial charge on any atom is -0.480 e. The van der Waals surface area contributed by atoms with Gasteiger partial charge in [0.05, 0.1) is 6.54 Å². The number of nitrogens with one attached hydrogen (secondary N) is 3. The van der Waals surface area contributed by atoms with Crippen LogP contribution in [0.1, 0.15) is 24.0 Å². The first-order valence-corrected chi connectivity index (χ1v) is 12.5. The summed E-state index contributed by atoms with van der Waals surface area (Å²) in [5, 5.41) is 16.6. The van der Waals surface area contributed by atoms with E-state index in [4.69, 9.17) is 10.8 Å². The number of carbonyl (C=O) groups excluding carboxylic acids is 4. The van der Waals surface area contributed by atoms with Crippen LogP contribution in [0.25, 0.3) is 0 Å². The summed E-state index contributed by atoms with van der Waals surface area (Å²) >= 11 is 0. The SMILES string of the molecule is NCC(=O)N[C@@H](Cc1ccccc1)C(=O)N[C@@H](Cc1ccccc1)C(=O)N1CCC[C@H]1C(=O)NCC(=O)O. The molecule has 0 saturated carbocycles. The van der Waals surface area contributed by atoms with Crippen LogP contribution >= 0.6 is 0 Å². The second kappa shape index (κ2) is 13.9. The molecule has 11 nitrogen and oxygen atoms in total. The van der Waals surface area contributed by atoms with E-state index in [0.29, 0.717) is 19.4 Å². The molecule has 0 aliphatic carbocycles. The first-order chi connectivity index (χ1) is 18.3. The molecular formula is C27H33N5O6. The van der Waals surface area contributed by atoms with Crippen molar-refractivity contribution in [3.63, 3.8) is 0 Å². The molecule has 3 rings (SSSR count). The number of carboxylic acids is 1. The number of carbonyl (C=O) groups is 5. The van der Waals surface area contributed by atoms with Gasteiger partial charge < -0.3 is 31.7 Å². The number of rotatable bonds is 12. The number of hydrogen-bond acceptors (Lipinski definition) is 6. The van der Waals surface area contributed by atoms with Gasteiger partial charge in [-0.05, 0) is 24.0 Å². The molecule has 1 heterocycles. The minimum absolute atomic E-state index is 0.161. The van der Waals surface area contributed by atoms with E-state index in [9.17, 15) is 24.0 Å². The first kappa shape index (κ1) is 28.3. The number of hydrogen-bond donors (Lipinski definition) is 5. The van der Waals surface area contributed by atoms with Gasteiger partial charge in [0.2, 0.25) is 23.6 Å². The standard InChI is InChI=1S/C27H33N5O6/c28-16-23(33)30-20(14-18-8-3-1-4-9-18)25(36)31-21(15-19-10-5-2-6-11-19)27(38)32-13-7-12-22(32)26(37)29-17-24(34)35/h1-6,8-11,20-22H,7,12-17,28H2,(H,29,37)(H,30,33)(H,31,36)(H,34,35)/t20-,21-,22-/m0/s1. The van der Waals surface area contributed by atoms with Crippen molar-refractivity contribution in [1.29, 1.82) is 0 Å². The summed E-state index contributed by atoms with van der Waals surface area (Å²) in [5.41, 5.74) is 7.06. The van der Waals surface area contributed by atoms with Gasteiger partial charge in [0.1, 0.15) is 24.7 Å². The Morgan fingerprint density at radius 3 is 2.03 bits per heavy atom. The van der Waals surface area contributed by atoms with Crippen molar-refractivity contribution in [3.05, 3.63) is 71.8 Å². The first-order valence-electron chi connectivity index (χ1n) is 12.5. The Balaban J connectivity index is 1.82. The van der Waals surface area contributed by atoms with Gasteiger partial charge in [-0.3, -0.25) is 24.0 Å². The topological polar surface area (TPSA) is 171 Å². The lowest BCUT2D eigenvalue weighted by atomic mass is 10.0. The maximum atomic E-state index is 13.7. The highest BCUT2D eigenvalue weighted by molar-refractivity contribution is 5.95. The third kappa shape index (κ3) is 8.13. The molecule has 0 radical (unpaired) electrons. The maximum absolute atomic E-state index is 13.7. The van der Waals surface area contributed by atoms with Crippen LogP contribution in [0.4, 0.5) is 0 Å².